The Morgan fingerprint density at radius 2 is 2.29 bits per heavy atom. The number of carbonyl (C=O) groups is 1. The van der Waals surface area contributed by atoms with Crippen LogP contribution in [0.4, 0.5) is 10.5 Å². The number of aromatic amines is 1. The molecule has 3 rings (SSSR count). The maximum Gasteiger partial charge on any atom is 0.331 e. The lowest BCUT2D eigenvalue weighted by molar-refractivity contribution is 0.253. The van der Waals surface area contributed by atoms with Crippen LogP contribution in [0.1, 0.15) is 5.56 Å². The van der Waals surface area contributed by atoms with Crippen molar-refractivity contribution in [3.8, 4) is 17.3 Å². The monoisotopic (exact) mass is 278 g/mol. The van der Waals surface area contributed by atoms with Gasteiger partial charge >= 0.3 is 6.03 Å². The minimum atomic E-state index is -0.326. The fourth-order valence-corrected chi connectivity index (χ4v) is 1.91. The summed E-state index contributed by atoms with van der Waals surface area (Å²) < 4.78 is 1.33. The predicted octanol–water partition coefficient (Wildman–Crippen LogP) is 2.23. The number of amides is 1. The highest BCUT2D eigenvalue weighted by atomic mass is 16.2. The number of benzene rings is 1. The summed E-state index contributed by atoms with van der Waals surface area (Å²) in [5, 5.41) is 11.9. The van der Waals surface area contributed by atoms with Crippen LogP contribution in [0.25, 0.3) is 11.3 Å². The molecule has 0 atom stereocenters. The number of rotatable bonds is 2. The van der Waals surface area contributed by atoms with Crippen molar-refractivity contribution in [2.24, 2.45) is 0 Å². The van der Waals surface area contributed by atoms with Crippen LogP contribution in [-0.4, -0.2) is 25.6 Å². The van der Waals surface area contributed by atoms with Gasteiger partial charge in [-0.15, -0.1) is 0 Å². The van der Waals surface area contributed by atoms with E-state index < -0.39 is 0 Å². The van der Waals surface area contributed by atoms with Crippen LogP contribution in [-0.2, 0) is 0 Å². The van der Waals surface area contributed by atoms with E-state index in [4.69, 9.17) is 5.26 Å². The number of nitriles is 1. The molecular weight excluding hydrogens is 268 g/mol. The summed E-state index contributed by atoms with van der Waals surface area (Å²) >= 11 is 0. The van der Waals surface area contributed by atoms with Gasteiger partial charge in [0, 0.05) is 23.6 Å². The first-order chi connectivity index (χ1) is 10.3. The Balaban J connectivity index is 1.93. The normalized spacial score (nSPS) is 10.0. The first-order valence-corrected chi connectivity index (χ1v) is 6.10. The molecule has 0 aliphatic heterocycles. The molecule has 2 heterocycles. The zero-order valence-electron chi connectivity index (χ0n) is 10.8. The molecule has 0 spiro atoms. The van der Waals surface area contributed by atoms with E-state index in [1.807, 2.05) is 0 Å². The highest BCUT2D eigenvalue weighted by Gasteiger charge is 2.10. The first kappa shape index (κ1) is 12.6. The fraction of sp³-hybridized carbons (Fsp3) is 0. The summed E-state index contributed by atoms with van der Waals surface area (Å²) in [4.78, 5) is 22.7. The van der Waals surface area contributed by atoms with Gasteiger partial charge in [0.2, 0.25) is 0 Å². The Kier molecular flexibility index (Phi) is 3.19. The molecule has 102 valence electrons. The first-order valence-electron chi connectivity index (χ1n) is 6.10. The van der Waals surface area contributed by atoms with Gasteiger partial charge in [0.15, 0.2) is 0 Å². The average molecular weight is 278 g/mol. The van der Waals surface area contributed by atoms with E-state index in [1.165, 1.54) is 23.4 Å². The van der Waals surface area contributed by atoms with Gasteiger partial charge in [-0.3, -0.25) is 4.57 Å². The average Bonchev–Trinajstić information content (AvgIpc) is 3.20. The van der Waals surface area contributed by atoms with E-state index in [2.05, 4.69) is 26.3 Å². The quantitative estimate of drug-likeness (QED) is 0.750. The molecule has 0 saturated carbocycles. The second kappa shape index (κ2) is 5.30. The third-order valence-electron chi connectivity index (χ3n) is 2.92. The zero-order valence-corrected chi connectivity index (χ0v) is 10.8. The van der Waals surface area contributed by atoms with Crippen LogP contribution < -0.4 is 5.32 Å². The van der Waals surface area contributed by atoms with Crippen molar-refractivity contribution >= 4 is 11.7 Å². The Hall–Kier alpha value is -3.40. The number of carbonyl (C=O) groups excluding carboxylic acids is 1. The van der Waals surface area contributed by atoms with Gasteiger partial charge in [0.25, 0.3) is 0 Å². The minimum absolute atomic E-state index is 0.326. The molecule has 2 N–H and O–H groups in total. The molecule has 21 heavy (non-hydrogen) atoms. The summed E-state index contributed by atoms with van der Waals surface area (Å²) in [6.07, 6.45) is 7.64. The SMILES string of the molecule is N#Cc1ccc(NC(=O)n2ccnc2)cc1-c1cnc[nH]1. The van der Waals surface area contributed by atoms with Crippen molar-refractivity contribution in [3.63, 3.8) is 0 Å². The molecule has 2 aromatic heterocycles. The number of anilines is 1. The van der Waals surface area contributed by atoms with E-state index in [1.54, 1.807) is 30.6 Å². The third-order valence-corrected chi connectivity index (χ3v) is 2.92. The summed E-state index contributed by atoms with van der Waals surface area (Å²) in [7, 11) is 0. The second-order valence-electron chi connectivity index (χ2n) is 4.24. The lowest BCUT2D eigenvalue weighted by atomic mass is 10.1. The van der Waals surface area contributed by atoms with Gasteiger partial charge in [0.1, 0.15) is 6.33 Å². The molecule has 0 bridgehead atoms. The standard InChI is InChI=1S/C14H10N6O/c15-6-10-1-2-11(5-12(10)13-7-17-8-18-13)19-14(21)20-4-3-16-9-20/h1-5,7-9H,(H,17,18)(H,19,21). The number of imidazole rings is 2. The van der Waals surface area contributed by atoms with Gasteiger partial charge in [-0.1, -0.05) is 0 Å². The molecule has 0 aliphatic rings. The molecule has 0 fully saturated rings. The topological polar surface area (TPSA) is 99.4 Å². The van der Waals surface area contributed by atoms with Gasteiger partial charge in [-0.25, -0.2) is 14.8 Å². The maximum atomic E-state index is 12.0. The van der Waals surface area contributed by atoms with E-state index in [0.29, 0.717) is 22.5 Å². The van der Waals surface area contributed by atoms with Crippen molar-refractivity contribution in [1.82, 2.24) is 19.5 Å². The molecule has 1 amide bonds. The van der Waals surface area contributed by atoms with E-state index >= 15 is 0 Å². The van der Waals surface area contributed by atoms with E-state index in [-0.39, 0.29) is 6.03 Å². The third kappa shape index (κ3) is 2.50. The molecule has 0 saturated heterocycles. The molecule has 7 nitrogen and oxygen atoms in total. The summed E-state index contributed by atoms with van der Waals surface area (Å²) in [5.41, 5.74) is 2.47. The van der Waals surface area contributed by atoms with Crippen molar-refractivity contribution < 1.29 is 4.79 Å². The largest absolute Gasteiger partial charge is 0.345 e. The fourth-order valence-electron chi connectivity index (χ4n) is 1.91. The summed E-state index contributed by atoms with van der Waals surface area (Å²) in [6, 6.07) is 6.84. The van der Waals surface area contributed by atoms with Crippen molar-refractivity contribution in [2.45, 2.75) is 0 Å². The van der Waals surface area contributed by atoms with Gasteiger partial charge in [0.05, 0.1) is 29.9 Å². The Morgan fingerprint density at radius 3 is 2.95 bits per heavy atom. The zero-order chi connectivity index (χ0) is 14.7. The smallest absolute Gasteiger partial charge is 0.331 e. The Bertz CT molecular complexity index is 799. The molecule has 3 aromatic rings. The van der Waals surface area contributed by atoms with Gasteiger partial charge < -0.3 is 10.3 Å². The van der Waals surface area contributed by atoms with Crippen LogP contribution in [0, 0.1) is 11.3 Å². The lowest BCUT2D eigenvalue weighted by Crippen LogP contribution is -2.17. The minimum Gasteiger partial charge on any atom is -0.345 e. The van der Waals surface area contributed by atoms with Crippen molar-refractivity contribution in [2.75, 3.05) is 5.32 Å². The van der Waals surface area contributed by atoms with Crippen molar-refractivity contribution in [3.05, 3.63) is 55.0 Å². The summed E-state index contributed by atoms with van der Waals surface area (Å²) in [6.45, 7) is 0. The second-order valence-corrected chi connectivity index (χ2v) is 4.24. The lowest BCUT2D eigenvalue weighted by Gasteiger charge is -2.08. The van der Waals surface area contributed by atoms with Crippen LogP contribution in [0.3, 0.4) is 0 Å². The molecule has 0 radical (unpaired) electrons. The Labute approximate surface area is 119 Å². The van der Waals surface area contributed by atoms with Crippen molar-refractivity contribution in [1.29, 1.82) is 5.26 Å². The maximum absolute atomic E-state index is 12.0. The molecule has 1 aromatic carbocycles. The number of nitrogens with one attached hydrogen (secondary N) is 2. The van der Waals surface area contributed by atoms with Crippen LogP contribution in [0.2, 0.25) is 0 Å². The Morgan fingerprint density at radius 1 is 1.38 bits per heavy atom. The number of hydrogen-bond acceptors (Lipinski definition) is 4. The molecule has 0 aliphatic carbocycles. The van der Waals surface area contributed by atoms with Crippen LogP contribution in [0.5, 0.6) is 0 Å². The number of nitrogens with zero attached hydrogens (tertiary/aromatic N) is 4. The predicted molar refractivity (Wildman–Crippen MR) is 75.4 cm³/mol. The van der Waals surface area contributed by atoms with E-state index in [9.17, 15) is 4.79 Å². The van der Waals surface area contributed by atoms with Gasteiger partial charge in [-0.05, 0) is 18.2 Å². The molecular formula is C14H10N6O. The highest BCUT2D eigenvalue weighted by molar-refractivity contribution is 5.92. The van der Waals surface area contributed by atoms with Crippen LogP contribution in [0.15, 0.2) is 49.4 Å². The van der Waals surface area contributed by atoms with Gasteiger partial charge in [-0.2, -0.15) is 5.26 Å². The summed E-state index contributed by atoms with van der Waals surface area (Å²) in [5.74, 6) is 0. The molecule has 0 unspecified atom stereocenters. The van der Waals surface area contributed by atoms with E-state index in [0.717, 1.165) is 0 Å². The number of H-pyrrole nitrogens is 1. The van der Waals surface area contributed by atoms with Crippen LogP contribution >= 0.6 is 0 Å². The number of hydrogen-bond donors (Lipinski definition) is 2. The highest BCUT2D eigenvalue weighted by Crippen LogP contribution is 2.24. The number of aromatic nitrogens is 4. The molecule has 7 heteroatoms.